The minimum Gasteiger partial charge on any atom is -0.469 e. The van der Waals surface area contributed by atoms with E-state index in [2.05, 4.69) is 104 Å². The van der Waals surface area contributed by atoms with Crippen LogP contribution in [0.25, 0.3) is 0 Å². The third-order valence-corrected chi connectivity index (χ3v) is 16.1. The summed E-state index contributed by atoms with van der Waals surface area (Å²) in [6.07, 6.45) is 22.5. The van der Waals surface area contributed by atoms with Gasteiger partial charge in [0, 0.05) is 150 Å². The molecule has 9 N–H and O–H groups in total. The van der Waals surface area contributed by atoms with Crippen LogP contribution < -0.4 is 47.9 Å². The van der Waals surface area contributed by atoms with Crippen LogP contribution in [0.4, 0.5) is 0 Å². The van der Waals surface area contributed by atoms with Crippen LogP contribution in [0.1, 0.15) is 261 Å². The summed E-state index contributed by atoms with van der Waals surface area (Å²) in [5.74, 6) is -0.941. The molecule has 35 nitrogen and oxygen atoms in total. The Hall–Kier alpha value is -6.80. The van der Waals surface area contributed by atoms with Gasteiger partial charge >= 0.3 is 17.9 Å². The van der Waals surface area contributed by atoms with Crippen LogP contribution in [0, 0.1) is 0 Å². The van der Waals surface area contributed by atoms with Gasteiger partial charge in [0.25, 0.3) is 0 Å². The Bertz CT molecular complexity index is 2240. The monoisotopic (exact) mass is 1740 g/mol. The molecule has 0 saturated heterocycles. The molecule has 121 heavy (non-hydrogen) atoms. The number of hydrogen-bond acceptors (Lipinski definition) is 26. The second-order valence-corrected chi connectivity index (χ2v) is 27.0. The summed E-state index contributed by atoms with van der Waals surface area (Å²) in [5.41, 5.74) is 0. The molecule has 0 unspecified atom stereocenters. The summed E-state index contributed by atoms with van der Waals surface area (Å²) in [7, 11) is 3.89. The maximum Gasteiger partial charge on any atom is 0.306 e. The molecular formula is C86H169N9O26. The van der Waals surface area contributed by atoms with Gasteiger partial charge in [-0.1, -0.05) is 101 Å². The summed E-state index contributed by atoms with van der Waals surface area (Å²) < 4.78 is 73.0. The highest BCUT2D eigenvalue weighted by Crippen LogP contribution is 2.01. The minimum atomic E-state index is -0.405. The number of amides is 9. The fourth-order valence-corrected chi connectivity index (χ4v) is 8.73. The van der Waals surface area contributed by atoms with E-state index in [4.69, 9.17) is 52.1 Å². The molecule has 0 aromatic heterocycles. The van der Waals surface area contributed by atoms with E-state index in [0.717, 1.165) is 142 Å². The number of nitrogens with one attached hydrogen (secondary N) is 9. The van der Waals surface area contributed by atoms with E-state index < -0.39 is 5.97 Å². The summed E-state index contributed by atoms with van der Waals surface area (Å²) >= 11 is 0. The van der Waals surface area contributed by atoms with Crippen molar-refractivity contribution in [2.45, 2.75) is 261 Å². The fraction of sp³-hybridized carbons (Fsp3) is 0.860. The Kier molecular flexibility index (Phi) is 113. The lowest BCUT2D eigenvalue weighted by Crippen LogP contribution is -2.28. The lowest BCUT2D eigenvalue weighted by molar-refractivity contribution is -0.142. The molecule has 0 heterocycles. The summed E-state index contributed by atoms with van der Waals surface area (Å²) in [5, 5.41) is 25.2. The lowest BCUT2D eigenvalue weighted by Gasteiger charge is -2.08. The quantitative estimate of drug-likeness (QED) is 0.0158. The largest absolute Gasteiger partial charge is 0.469 e. The van der Waals surface area contributed by atoms with Crippen molar-refractivity contribution in [2.75, 3.05) is 226 Å². The normalized spacial score (nSPS) is 10.3. The van der Waals surface area contributed by atoms with Crippen LogP contribution in [-0.2, 0) is 124 Å². The van der Waals surface area contributed by atoms with E-state index in [1.165, 1.54) is 21.3 Å². The fourth-order valence-electron chi connectivity index (χ4n) is 8.73. The molecule has 0 aromatic carbocycles. The van der Waals surface area contributed by atoms with Crippen molar-refractivity contribution in [3.8, 4) is 0 Å². The number of rotatable bonds is 79. The van der Waals surface area contributed by atoms with Crippen molar-refractivity contribution in [1.82, 2.24) is 47.9 Å². The van der Waals surface area contributed by atoms with Gasteiger partial charge < -0.3 is 114 Å². The molecule has 0 fully saturated rings. The highest BCUT2D eigenvalue weighted by atomic mass is 16.6. The predicted molar refractivity (Wildman–Crippen MR) is 466 cm³/mol. The number of ether oxygens (including phenoxy) is 14. The number of hydrogen-bond donors (Lipinski definition) is 9. The van der Waals surface area contributed by atoms with Gasteiger partial charge in [-0.3, -0.25) is 57.5 Å². The smallest absolute Gasteiger partial charge is 0.306 e. The van der Waals surface area contributed by atoms with E-state index in [0.29, 0.717) is 223 Å². The van der Waals surface area contributed by atoms with E-state index >= 15 is 0 Å². The molecular weight excluding hydrogens is 1570 g/mol. The van der Waals surface area contributed by atoms with Crippen LogP contribution >= 0.6 is 0 Å². The number of unbranched alkanes of at least 4 members (excludes halogenated alkanes) is 8. The molecule has 35 heteroatoms. The molecule has 9 amide bonds. The van der Waals surface area contributed by atoms with Crippen LogP contribution in [0.3, 0.4) is 0 Å². The van der Waals surface area contributed by atoms with Crippen molar-refractivity contribution >= 4 is 71.1 Å². The Morgan fingerprint density at radius 1 is 0.165 bits per heavy atom. The molecule has 0 aromatic rings. The van der Waals surface area contributed by atoms with Gasteiger partial charge in [-0.15, -0.1) is 0 Å². The van der Waals surface area contributed by atoms with Gasteiger partial charge in [0.05, 0.1) is 153 Å². The zero-order valence-corrected chi connectivity index (χ0v) is 77.0. The first-order valence-corrected chi connectivity index (χ1v) is 44.7. The van der Waals surface area contributed by atoms with E-state index in [-0.39, 0.29) is 104 Å². The molecule has 0 aliphatic heterocycles. The lowest BCUT2D eigenvalue weighted by atomic mass is 10.2. The number of carbonyl (C=O) groups is 12. The van der Waals surface area contributed by atoms with Crippen molar-refractivity contribution in [2.24, 2.45) is 0 Å². The molecule has 0 rings (SSSR count). The van der Waals surface area contributed by atoms with E-state index in [9.17, 15) is 57.5 Å². The average Bonchev–Trinajstić information content (AvgIpc) is 1.04. The van der Waals surface area contributed by atoms with Crippen LogP contribution in [-0.4, -0.2) is 297 Å². The SMILES string of the molecule is CCCCNC(=O)CC.CCCCNC(=O)CC.CCCCNC(=O)CC.CCCCNC(=O)CCCCOCCOCCOCCCNC(=O)CCC(=O)OC.CCCCNC(=O)CCCCOCCOCCOCCCNC(=O)CCC(=O)OC.CCCCNC(=O)CCCOCCOCCOCCOCCOCCNC(=O)CCC(=O)OC. The third-order valence-electron chi connectivity index (χ3n) is 16.1. The van der Waals surface area contributed by atoms with Gasteiger partial charge in [-0.25, -0.2) is 0 Å². The van der Waals surface area contributed by atoms with Crippen molar-refractivity contribution < 1.29 is 124 Å². The average molecular weight is 1750 g/mol. The highest BCUT2D eigenvalue weighted by molar-refractivity contribution is 5.83. The van der Waals surface area contributed by atoms with Crippen LogP contribution in [0.2, 0.25) is 0 Å². The minimum absolute atomic E-state index is 0.0707. The Labute approximate surface area is 726 Å². The summed E-state index contributed by atoms with van der Waals surface area (Å²) in [6.45, 7) is 35.4. The Balaban J connectivity index is -0.000000354. The Morgan fingerprint density at radius 2 is 0.339 bits per heavy atom. The number of carbonyl (C=O) groups excluding carboxylic acids is 12. The van der Waals surface area contributed by atoms with Crippen molar-refractivity contribution in [3.63, 3.8) is 0 Å². The van der Waals surface area contributed by atoms with Gasteiger partial charge in [0.1, 0.15) is 0 Å². The summed E-state index contributed by atoms with van der Waals surface area (Å²) in [4.78, 5) is 133. The van der Waals surface area contributed by atoms with Crippen LogP contribution in [0.15, 0.2) is 0 Å². The maximum atomic E-state index is 11.5. The first kappa shape index (κ1) is 125. The zero-order valence-electron chi connectivity index (χ0n) is 77.0. The Morgan fingerprint density at radius 3 is 0.562 bits per heavy atom. The first-order chi connectivity index (χ1) is 58.7. The van der Waals surface area contributed by atoms with Gasteiger partial charge in [-0.2, -0.15) is 0 Å². The highest BCUT2D eigenvalue weighted by Gasteiger charge is 2.10. The maximum absolute atomic E-state index is 11.5. The first-order valence-electron chi connectivity index (χ1n) is 44.7. The molecule has 0 atom stereocenters. The molecule has 714 valence electrons. The van der Waals surface area contributed by atoms with Crippen LogP contribution in [0.5, 0.6) is 0 Å². The second-order valence-electron chi connectivity index (χ2n) is 27.0. The topological polar surface area (TPSA) is 442 Å². The second kappa shape index (κ2) is 109. The standard InChI is InChI=1S/C23H44N2O9.2C21H40N2O7.3C7H15NO/c1-3-4-9-24-21(26)6-5-11-30-13-15-32-17-19-34-20-18-33-16-14-31-12-10-25-22(27)7-8-23(28)29-2;2*1-3-4-11-22-19(24)8-5-6-13-28-15-17-30-18-16-29-14-7-12-23-20(25)9-10-21(26)27-2;3*1-3-5-6-8-7(9)4-2/h3-20H2,1-2H3,(H,24,26)(H,25,27);2*3-18H2,1-2H3,(H,22,24)(H,23,25);3*3-6H2,1-2H3,(H,8,9). The van der Waals surface area contributed by atoms with E-state index in [1.807, 2.05) is 20.8 Å². The molecule has 0 radical (unpaired) electrons. The van der Waals surface area contributed by atoms with Gasteiger partial charge in [0.15, 0.2) is 0 Å². The molecule has 0 saturated carbocycles. The van der Waals surface area contributed by atoms with Crippen molar-refractivity contribution in [1.29, 1.82) is 0 Å². The van der Waals surface area contributed by atoms with Gasteiger partial charge in [0.2, 0.25) is 53.2 Å². The molecule has 0 aliphatic rings. The van der Waals surface area contributed by atoms with Gasteiger partial charge in [-0.05, 0) is 83.5 Å². The number of methoxy groups -OCH3 is 3. The predicted octanol–water partition coefficient (Wildman–Crippen LogP) is 7.94. The van der Waals surface area contributed by atoms with E-state index in [1.54, 1.807) is 0 Å². The molecule has 0 aliphatic carbocycles. The zero-order chi connectivity index (χ0) is 91.0. The summed E-state index contributed by atoms with van der Waals surface area (Å²) in [6, 6.07) is 0. The molecule has 0 spiro atoms. The molecule has 0 bridgehead atoms. The third kappa shape index (κ3) is 120. The number of esters is 3. The van der Waals surface area contributed by atoms with Crippen molar-refractivity contribution in [3.05, 3.63) is 0 Å².